The number of hydrogen-bond donors (Lipinski definition) is 1. The highest BCUT2D eigenvalue weighted by molar-refractivity contribution is 6.07. The average Bonchev–Trinajstić information content (AvgIpc) is 2.72. The van der Waals surface area contributed by atoms with Crippen molar-refractivity contribution < 1.29 is 19.2 Å². The lowest BCUT2D eigenvalue weighted by molar-refractivity contribution is -0.146. The van der Waals surface area contributed by atoms with Gasteiger partial charge in [-0.25, -0.2) is 0 Å². The Morgan fingerprint density at radius 3 is 2.24 bits per heavy atom. The fourth-order valence-electron chi connectivity index (χ4n) is 2.66. The first-order valence-corrected chi connectivity index (χ1v) is 6.90. The van der Waals surface area contributed by atoms with E-state index in [9.17, 15) is 19.2 Å². The highest BCUT2D eigenvalue weighted by atomic mass is 16.2. The zero-order chi connectivity index (χ0) is 15.6. The largest absolute Gasteiger partial charge is 0.358 e. The van der Waals surface area contributed by atoms with Crippen LogP contribution in [0.5, 0.6) is 0 Å². The molecule has 21 heavy (non-hydrogen) atoms. The maximum atomic E-state index is 12.2. The van der Waals surface area contributed by atoms with Crippen molar-refractivity contribution in [3.05, 3.63) is 12.2 Å². The standard InChI is InChI=1S/C14H19N3O4/c1-15-11(18)7-16(2)12(19)8-17-13(20)9-5-3-4-6-10(9)14(17)21/h3-4,9-10H,5-8H2,1-2H3,(H,15,18)/t9-,10+. The molecule has 0 radical (unpaired) electrons. The van der Waals surface area contributed by atoms with Crippen LogP contribution < -0.4 is 5.32 Å². The molecular formula is C14H19N3O4. The summed E-state index contributed by atoms with van der Waals surface area (Å²) in [6, 6.07) is 0. The molecule has 0 bridgehead atoms. The molecule has 7 heteroatoms. The monoisotopic (exact) mass is 293 g/mol. The normalized spacial score (nSPS) is 24.0. The Morgan fingerprint density at radius 2 is 1.76 bits per heavy atom. The Kier molecular flexibility index (Phi) is 4.40. The van der Waals surface area contributed by atoms with Gasteiger partial charge in [0.25, 0.3) is 0 Å². The molecule has 1 heterocycles. The topological polar surface area (TPSA) is 86.8 Å². The zero-order valence-corrected chi connectivity index (χ0v) is 12.2. The fraction of sp³-hybridized carbons (Fsp3) is 0.571. The van der Waals surface area contributed by atoms with Crippen molar-refractivity contribution in [2.45, 2.75) is 12.8 Å². The summed E-state index contributed by atoms with van der Waals surface area (Å²) in [5, 5.41) is 2.41. The lowest BCUT2D eigenvalue weighted by Crippen LogP contribution is -2.44. The minimum atomic E-state index is -0.424. The van der Waals surface area contributed by atoms with E-state index in [0.717, 1.165) is 4.90 Å². The Bertz CT molecular complexity index is 488. The van der Waals surface area contributed by atoms with E-state index in [2.05, 4.69) is 5.32 Å². The van der Waals surface area contributed by atoms with Crippen LogP contribution in [0, 0.1) is 11.8 Å². The highest BCUT2D eigenvalue weighted by Gasteiger charge is 2.47. The van der Waals surface area contributed by atoms with Gasteiger partial charge >= 0.3 is 0 Å². The molecule has 114 valence electrons. The van der Waals surface area contributed by atoms with Gasteiger partial charge in [0.2, 0.25) is 23.6 Å². The van der Waals surface area contributed by atoms with Gasteiger partial charge in [0.15, 0.2) is 0 Å². The van der Waals surface area contributed by atoms with Crippen molar-refractivity contribution >= 4 is 23.6 Å². The Labute approximate surface area is 122 Å². The maximum absolute atomic E-state index is 12.2. The summed E-state index contributed by atoms with van der Waals surface area (Å²) >= 11 is 0. The molecule has 0 unspecified atom stereocenters. The van der Waals surface area contributed by atoms with E-state index in [1.807, 2.05) is 12.2 Å². The summed E-state index contributed by atoms with van der Waals surface area (Å²) in [6.07, 6.45) is 4.90. The van der Waals surface area contributed by atoms with E-state index in [1.54, 1.807) is 0 Å². The molecule has 1 fully saturated rings. The molecule has 1 saturated heterocycles. The molecule has 1 N–H and O–H groups in total. The number of rotatable bonds is 4. The number of carbonyl (C=O) groups is 4. The van der Waals surface area contributed by atoms with Gasteiger partial charge in [-0.2, -0.15) is 0 Å². The molecule has 0 saturated carbocycles. The summed E-state index contributed by atoms with van der Waals surface area (Å²) in [4.78, 5) is 49.9. The van der Waals surface area contributed by atoms with Crippen molar-refractivity contribution in [1.82, 2.24) is 15.1 Å². The van der Waals surface area contributed by atoms with E-state index >= 15 is 0 Å². The van der Waals surface area contributed by atoms with Crippen molar-refractivity contribution in [2.75, 3.05) is 27.2 Å². The number of carbonyl (C=O) groups excluding carboxylic acids is 4. The van der Waals surface area contributed by atoms with Crippen LogP contribution >= 0.6 is 0 Å². The van der Waals surface area contributed by atoms with E-state index in [4.69, 9.17) is 0 Å². The first kappa shape index (κ1) is 15.2. The summed E-state index contributed by atoms with van der Waals surface area (Å²) in [5.41, 5.74) is 0. The summed E-state index contributed by atoms with van der Waals surface area (Å²) in [7, 11) is 2.95. The quantitative estimate of drug-likeness (QED) is 0.540. The minimum Gasteiger partial charge on any atom is -0.358 e. The molecule has 1 aliphatic carbocycles. The average molecular weight is 293 g/mol. The summed E-state index contributed by atoms with van der Waals surface area (Å²) in [5.74, 6) is -1.96. The number of hydrogen-bond acceptors (Lipinski definition) is 4. The predicted molar refractivity (Wildman–Crippen MR) is 73.8 cm³/mol. The third-order valence-corrected chi connectivity index (χ3v) is 3.98. The number of fused-ring (bicyclic) bond motifs is 1. The summed E-state index contributed by atoms with van der Waals surface area (Å²) < 4.78 is 0. The van der Waals surface area contributed by atoms with Gasteiger partial charge in [0, 0.05) is 14.1 Å². The van der Waals surface area contributed by atoms with E-state index in [-0.39, 0.29) is 42.6 Å². The Morgan fingerprint density at radius 1 is 1.24 bits per heavy atom. The molecule has 1 aliphatic heterocycles. The second kappa shape index (κ2) is 6.07. The van der Waals surface area contributed by atoms with Crippen LogP contribution in [0.1, 0.15) is 12.8 Å². The highest BCUT2D eigenvalue weighted by Crippen LogP contribution is 2.34. The number of nitrogens with one attached hydrogen (secondary N) is 1. The third kappa shape index (κ3) is 2.96. The van der Waals surface area contributed by atoms with E-state index < -0.39 is 5.91 Å². The molecule has 0 spiro atoms. The van der Waals surface area contributed by atoms with E-state index in [1.165, 1.54) is 19.0 Å². The van der Waals surface area contributed by atoms with Gasteiger partial charge in [-0.05, 0) is 12.8 Å². The second-order valence-electron chi connectivity index (χ2n) is 5.34. The molecule has 7 nitrogen and oxygen atoms in total. The SMILES string of the molecule is CNC(=O)CN(C)C(=O)CN1C(=O)[C@H]2CC=CC[C@H]2C1=O. The molecule has 2 rings (SSSR count). The van der Waals surface area contributed by atoms with Crippen molar-refractivity contribution in [2.24, 2.45) is 11.8 Å². The number of likely N-dealkylation sites (N-methyl/N-ethyl adjacent to an activating group) is 2. The van der Waals surface area contributed by atoms with E-state index in [0.29, 0.717) is 12.8 Å². The lowest BCUT2D eigenvalue weighted by atomic mass is 9.85. The number of nitrogens with zero attached hydrogens (tertiary/aromatic N) is 2. The summed E-state index contributed by atoms with van der Waals surface area (Å²) in [6.45, 7) is -0.391. The molecule has 4 amide bonds. The van der Waals surface area contributed by atoms with Crippen LogP contribution in [0.2, 0.25) is 0 Å². The number of imide groups is 1. The molecule has 0 aromatic carbocycles. The van der Waals surface area contributed by atoms with Gasteiger partial charge < -0.3 is 10.2 Å². The second-order valence-corrected chi connectivity index (χ2v) is 5.34. The fourth-order valence-corrected chi connectivity index (χ4v) is 2.66. The molecule has 0 aromatic rings. The van der Waals surface area contributed by atoms with Crippen molar-refractivity contribution in [1.29, 1.82) is 0 Å². The van der Waals surface area contributed by atoms with Crippen molar-refractivity contribution in [3.63, 3.8) is 0 Å². The number of amides is 4. The molecule has 2 atom stereocenters. The Hall–Kier alpha value is -2.18. The maximum Gasteiger partial charge on any atom is 0.242 e. The van der Waals surface area contributed by atoms with Gasteiger partial charge in [0.05, 0.1) is 18.4 Å². The van der Waals surface area contributed by atoms with Crippen molar-refractivity contribution in [3.8, 4) is 0 Å². The van der Waals surface area contributed by atoms with Crippen LogP contribution in [0.3, 0.4) is 0 Å². The first-order chi connectivity index (χ1) is 9.95. The van der Waals surface area contributed by atoms with Gasteiger partial charge in [-0.3, -0.25) is 24.1 Å². The molecule has 0 aromatic heterocycles. The number of likely N-dealkylation sites (tertiary alicyclic amines) is 1. The van der Waals surface area contributed by atoms with Gasteiger partial charge in [-0.1, -0.05) is 12.2 Å². The number of allylic oxidation sites excluding steroid dienone is 2. The first-order valence-electron chi connectivity index (χ1n) is 6.90. The predicted octanol–water partition coefficient (Wildman–Crippen LogP) is -0.858. The van der Waals surface area contributed by atoms with Gasteiger partial charge in [-0.15, -0.1) is 0 Å². The molecular weight excluding hydrogens is 274 g/mol. The van der Waals surface area contributed by atoms with Crippen LogP contribution in [0.4, 0.5) is 0 Å². The van der Waals surface area contributed by atoms with Crippen LogP contribution in [0.15, 0.2) is 12.2 Å². The van der Waals surface area contributed by atoms with Crippen LogP contribution in [-0.4, -0.2) is 60.6 Å². The molecule has 2 aliphatic rings. The lowest BCUT2D eigenvalue weighted by Gasteiger charge is -2.20. The smallest absolute Gasteiger partial charge is 0.242 e. The Balaban J connectivity index is 2.00. The van der Waals surface area contributed by atoms with Crippen LogP contribution in [-0.2, 0) is 19.2 Å². The van der Waals surface area contributed by atoms with Crippen LogP contribution in [0.25, 0.3) is 0 Å². The third-order valence-electron chi connectivity index (χ3n) is 3.98. The van der Waals surface area contributed by atoms with Gasteiger partial charge in [0.1, 0.15) is 6.54 Å². The minimum absolute atomic E-state index is 0.0973. The zero-order valence-electron chi connectivity index (χ0n) is 12.2.